The highest BCUT2D eigenvalue weighted by Crippen LogP contribution is 2.43. The van der Waals surface area contributed by atoms with E-state index in [0.717, 1.165) is 30.5 Å². The number of phenols is 2. The minimum Gasteiger partial charge on any atom is -0.507 e. The van der Waals surface area contributed by atoms with Crippen LogP contribution in [0.2, 0.25) is 0 Å². The first-order valence-electron chi connectivity index (χ1n) is 6.75. The Hall–Kier alpha value is -1.90. The van der Waals surface area contributed by atoms with Gasteiger partial charge in [-0.05, 0) is 26.2 Å². The van der Waals surface area contributed by atoms with Crippen molar-refractivity contribution in [1.29, 1.82) is 0 Å². The second-order valence-electron chi connectivity index (χ2n) is 5.37. The quantitative estimate of drug-likeness (QED) is 0.494. The summed E-state index contributed by atoms with van der Waals surface area (Å²) in [5.74, 6) is -2.14. The summed E-state index contributed by atoms with van der Waals surface area (Å²) in [6, 6.07) is 1.49. The first kappa shape index (κ1) is 17.5. The van der Waals surface area contributed by atoms with E-state index in [2.05, 4.69) is 4.18 Å². The molecule has 1 atom stereocenters. The van der Waals surface area contributed by atoms with E-state index in [9.17, 15) is 31.8 Å². The van der Waals surface area contributed by atoms with Crippen molar-refractivity contribution < 1.29 is 36.0 Å². The monoisotopic (exact) mass is 352 g/mol. The van der Waals surface area contributed by atoms with Crippen LogP contribution in [0.4, 0.5) is 13.2 Å². The van der Waals surface area contributed by atoms with Crippen molar-refractivity contribution in [3.05, 3.63) is 29.3 Å². The minimum absolute atomic E-state index is 0.140. The van der Waals surface area contributed by atoms with Crippen LogP contribution in [0.1, 0.15) is 37.7 Å². The van der Waals surface area contributed by atoms with Crippen molar-refractivity contribution >= 4 is 10.1 Å². The molecule has 1 aliphatic carbocycles. The highest BCUT2D eigenvalue weighted by Gasteiger charge is 2.48. The number of phenolic OH excluding ortho intramolecular Hbond substituents is 2. The fourth-order valence-corrected chi connectivity index (χ4v) is 2.98. The molecule has 0 heterocycles. The van der Waals surface area contributed by atoms with Crippen LogP contribution in [0.5, 0.6) is 17.2 Å². The van der Waals surface area contributed by atoms with Gasteiger partial charge in [0.05, 0.1) is 0 Å². The Kier molecular flexibility index (Phi) is 4.52. The van der Waals surface area contributed by atoms with Gasteiger partial charge < -0.3 is 14.4 Å². The average molecular weight is 352 g/mol. The maximum absolute atomic E-state index is 12.3. The molecule has 0 saturated carbocycles. The second-order valence-corrected chi connectivity index (χ2v) is 6.91. The Morgan fingerprint density at radius 1 is 1.22 bits per heavy atom. The molecule has 2 rings (SSSR count). The minimum atomic E-state index is -5.86. The molecule has 1 aromatic carbocycles. The number of allylic oxidation sites excluding steroid dienone is 2. The predicted molar refractivity (Wildman–Crippen MR) is 75.7 cm³/mol. The molecule has 23 heavy (non-hydrogen) atoms. The van der Waals surface area contributed by atoms with E-state index in [1.165, 1.54) is 0 Å². The molecule has 0 radical (unpaired) electrons. The van der Waals surface area contributed by atoms with Crippen LogP contribution in [0.15, 0.2) is 23.8 Å². The van der Waals surface area contributed by atoms with Crippen LogP contribution in [0.25, 0.3) is 0 Å². The van der Waals surface area contributed by atoms with Crippen LogP contribution in [0, 0.1) is 0 Å². The van der Waals surface area contributed by atoms with Gasteiger partial charge in [-0.2, -0.15) is 21.6 Å². The third-order valence-corrected chi connectivity index (χ3v) is 4.52. The maximum Gasteiger partial charge on any atom is 0.534 e. The molecule has 9 heteroatoms. The van der Waals surface area contributed by atoms with E-state index in [1.807, 2.05) is 13.0 Å². The zero-order valence-electron chi connectivity index (χ0n) is 12.1. The fourth-order valence-electron chi connectivity index (χ4n) is 2.54. The first-order valence-corrected chi connectivity index (χ1v) is 8.16. The van der Waals surface area contributed by atoms with E-state index in [4.69, 9.17) is 0 Å². The van der Waals surface area contributed by atoms with Gasteiger partial charge in [0.1, 0.15) is 17.2 Å². The van der Waals surface area contributed by atoms with Crippen molar-refractivity contribution in [3.8, 4) is 17.2 Å². The maximum atomic E-state index is 12.3. The van der Waals surface area contributed by atoms with Crippen molar-refractivity contribution in [2.75, 3.05) is 0 Å². The Balaban J connectivity index is 2.37. The van der Waals surface area contributed by atoms with Gasteiger partial charge in [0.25, 0.3) is 0 Å². The number of rotatable bonds is 3. The molecule has 2 N–H and O–H groups in total. The largest absolute Gasteiger partial charge is 0.534 e. The van der Waals surface area contributed by atoms with E-state index < -0.39 is 32.9 Å². The van der Waals surface area contributed by atoms with Crippen molar-refractivity contribution in [2.45, 2.75) is 37.6 Å². The molecule has 0 bridgehead atoms. The zero-order valence-corrected chi connectivity index (χ0v) is 12.9. The summed E-state index contributed by atoms with van der Waals surface area (Å²) < 4.78 is 62.7. The van der Waals surface area contributed by atoms with Gasteiger partial charge in [-0.15, -0.1) is 0 Å². The molecule has 0 aliphatic heterocycles. The van der Waals surface area contributed by atoms with Gasteiger partial charge in [0.15, 0.2) is 0 Å². The zero-order chi connectivity index (χ0) is 17.4. The summed E-state index contributed by atoms with van der Waals surface area (Å²) in [4.78, 5) is 0. The Labute approximate surface area is 131 Å². The van der Waals surface area contributed by atoms with Crippen LogP contribution in [0.3, 0.4) is 0 Å². The summed E-state index contributed by atoms with van der Waals surface area (Å²) in [6.45, 7) is 1.90. The summed E-state index contributed by atoms with van der Waals surface area (Å²) >= 11 is 0. The topological polar surface area (TPSA) is 83.8 Å². The normalized spacial score (nSPS) is 19.3. The Bertz CT molecular complexity index is 714. The highest BCUT2D eigenvalue weighted by molar-refractivity contribution is 7.88. The summed E-state index contributed by atoms with van der Waals surface area (Å²) in [6.07, 6.45) is 4.24. The third-order valence-electron chi connectivity index (χ3n) is 3.54. The van der Waals surface area contributed by atoms with E-state index >= 15 is 0 Å². The first-order chi connectivity index (χ1) is 10.5. The van der Waals surface area contributed by atoms with Gasteiger partial charge in [-0.3, -0.25) is 0 Å². The molecule has 0 spiro atoms. The lowest BCUT2D eigenvalue weighted by molar-refractivity contribution is -0.0500. The van der Waals surface area contributed by atoms with Gasteiger partial charge in [-0.1, -0.05) is 11.6 Å². The van der Waals surface area contributed by atoms with Crippen LogP contribution < -0.4 is 4.18 Å². The highest BCUT2D eigenvalue weighted by atomic mass is 32.2. The smallest absolute Gasteiger partial charge is 0.507 e. The van der Waals surface area contributed by atoms with E-state index in [-0.39, 0.29) is 11.5 Å². The SMILES string of the molecule is CC1=C[C@@H](c2c(O)cc(OS(=O)(=O)C(F)(F)F)cc2O)CCC1. The van der Waals surface area contributed by atoms with Gasteiger partial charge in [0.2, 0.25) is 0 Å². The lowest BCUT2D eigenvalue weighted by Gasteiger charge is -2.22. The molecule has 0 aromatic heterocycles. The molecule has 1 aliphatic rings. The lowest BCUT2D eigenvalue weighted by Crippen LogP contribution is -2.28. The molecule has 0 saturated heterocycles. The molecular weight excluding hydrogens is 337 g/mol. The second kappa shape index (κ2) is 5.95. The lowest BCUT2D eigenvalue weighted by atomic mass is 9.85. The van der Waals surface area contributed by atoms with Crippen molar-refractivity contribution in [1.82, 2.24) is 0 Å². The van der Waals surface area contributed by atoms with E-state index in [0.29, 0.717) is 6.42 Å². The van der Waals surface area contributed by atoms with Crippen molar-refractivity contribution in [3.63, 3.8) is 0 Å². The molecular formula is C14H15F3O5S. The average Bonchev–Trinajstić information content (AvgIpc) is 2.35. The molecule has 5 nitrogen and oxygen atoms in total. The third kappa shape index (κ3) is 3.72. The summed E-state index contributed by atoms with van der Waals surface area (Å²) in [5, 5.41) is 19.9. The van der Waals surface area contributed by atoms with Crippen LogP contribution in [-0.2, 0) is 10.1 Å². The van der Waals surface area contributed by atoms with Gasteiger partial charge in [0, 0.05) is 23.6 Å². The summed E-state index contributed by atoms with van der Waals surface area (Å²) in [5.41, 5.74) is -4.39. The summed E-state index contributed by atoms with van der Waals surface area (Å²) in [7, 11) is -5.86. The van der Waals surface area contributed by atoms with Crippen molar-refractivity contribution in [2.24, 2.45) is 0 Å². The number of halogens is 3. The number of benzene rings is 1. The van der Waals surface area contributed by atoms with Gasteiger partial charge in [-0.25, -0.2) is 0 Å². The number of aromatic hydroxyl groups is 2. The molecule has 128 valence electrons. The van der Waals surface area contributed by atoms with Gasteiger partial charge >= 0.3 is 15.6 Å². The van der Waals surface area contributed by atoms with Crippen LogP contribution >= 0.6 is 0 Å². The fraction of sp³-hybridized carbons (Fsp3) is 0.429. The van der Waals surface area contributed by atoms with E-state index in [1.54, 1.807) is 0 Å². The number of alkyl halides is 3. The van der Waals surface area contributed by atoms with Crippen LogP contribution in [-0.4, -0.2) is 24.1 Å². The molecule has 0 amide bonds. The number of hydrogen-bond acceptors (Lipinski definition) is 5. The molecule has 0 unspecified atom stereocenters. The predicted octanol–water partition coefficient (Wildman–Crippen LogP) is 3.54. The number of hydrogen-bond donors (Lipinski definition) is 2. The Morgan fingerprint density at radius 2 is 1.78 bits per heavy atom. The standard InChI is InChI=1S/C14H15F3O5S/c1-8-3-2-4-9(5-8)13-11(18)6-10(7-12(13)19)22-23(20,21)14(15,16)17/h5-7,9,18-19H,2-4H2,1H3/t9-/m0/s1. The Morgan fingerprint density at radius 3 is 2.26 bits per heavy atom. The molecule has 0 fully saturated rings. The molecule has 1 aromatic rings.